The zero-order valence-corrected chi connectivity index (χ0v) is 31.2. The first kappa shape index (κ1) is 39.7. The van der Waals surface area contributed by atoms with Crippen molar-refractivity contribution in [1.82, 2.24) is 26.2 Å². The summed E-state index contributed by atoms with van der Waals surface area (Å²) in [7, 11) is -3.68. The minimum atomic E-state index is -3.68. The Balaban J connectivity index is 1.54. The van der Waals surface area contributed by atoms with Crippen molar-refractivity contribution in [3.8, 4) is 12.3 Å². The lowest BCUT2D eigenvalue weighted by atomic mass is 9.83. The van der Waals surface area contributed by atoms with Crippen LogP contribution in [0.2, 0.25) is 0 Å². The first-order valence-corrected chi connectivity index (χ1v) is 19.5. The van der Waals surface area contributed by atoms with Crippen LogP contribution in [0.3, 0.4) is 0 Å². The summed E-state index contributed by atoms with van der Waals surface area (Å²) >= 11 is 0. The predicted molar refractivity (Wildman–Crippen MR) is 191 cm³/mol. The Hall–Kier alpha value is -4.12. The van der Waals surface area contributed by atoms with Crippen LogP contribution in [-0.2, 0) is 34.8 Å². The number of hydrogen-bond donors (Lipinski definition) is 4. The number of fused-ring (bicyclic) bond motifs is 1. The van der Waals surface area contributed by atoms with Crippen LogP contribution in [0.1, 0.15) is 85.3 Å². The van der Waals surface area contributed by atoms with E-state index in [4.69, 9.17) is 10.8 Å². The van der Waals surface area contributed by atoms with Crippen LogP contribution in [0.15, 0.2) is 35.5 Å². The third-order valence-electron chi connectivity index (χ3n) is 10.6. The Labute approximate surface area is 301 Å². The normalized spacial score (nSPS) is 23.1. The molecule has 1 aliphatic heterocycles. The molecule has 1 aromatic heterocycles. The van der Waals surface area contributed by atoms with Crippen LogP contribution in [-0.4, -0.2) is 85.4 Å². The second-order valence-electron chi connectivity index (χ2n) is 15.9. The molecule has 14 heteroatoms. The van der Waals surface area contributed by atoms with Crippen molar-refractivity contribution in [3.05, 3.63) is 36.8 Å². The van der Waals surface area contributed by atoms with Crippen molar-refractivity contribution < 1.29 is 36.8 Å². The first-order chi connectivity index (χ1) is 23.9. The Morgan fingerprint density at radius 3 is 2.41 bits per heavy atom. The third-order valence-corrected chi connectivity index (χ3v) is 12.3. The molecule has 1 saturated heterocycles. The first-order valence-electron chi connectivity index (χ1n) is 17.6. The van der Waals surface area contributed by atoms with E-state index >= 15 is 0 Å². The molecule has 4 N–H and O–H groups in total. The van der Waals surface area contributed by atoms with Gasteiger partial charge < -0.3 is 30.6 Å². The van der Waals surface area contributed by atoms with Gasteiger partial charge in [-0.3, -0.25) is 19.2 Å². The number of nitrogens with one attached hydrogen (secondary N) is 4. The third kappa shape index (κ3) is 9.41. The second-order valence-corrected chi connectivity index (χ2v) is 18.0. The standard InChI is InChI=1S/C37H53N5O8S/c1-8-10-16-26(29(43)32(45)38-19-9-2)39-31(44)28-27-25(36(27,6)7)21-42(28)33(46)30(35(3,4)5)40-34(47)41-37(17-12-11-13-18-37)23-51(48,49)22-24-15-14-20-50-24/h1,9,14-15,20,25-28,30H,2,10-13,16-19,21-23H2,3-7H3,(H,38,45)(H,39,44)(H2,40,41,47)/t25-,26?,27-,28-,30+/m0/s1. The largest absolute Gasteiger partial charge is 0.468 e. The second kappa shape index (κ2) is 15.6. The number of carbonyl (C=O) groups is 5. The van der Waals surface area contributed by atoms with E-state index < -0.39 is 68.5 Å². The molecule has 2 saturated carbocycles. The molecule has 1 unspecified atom stereocenters. The molecule has 3 fully saturated rings. The number of Topliss-reactive ketones (excluding diaryl/α,β-unsaturated/α-hetero) is 1. The zero-order chi connectivity index (χ0) is 37.8. The van der Waals surface area contributed by atoms with Crippen LogP contribution in [0.4, 0.5) is 4.79 Å². The number of amides is 5. The van der Waals surface area contributed by atoms with E-state index in [1.807, 2.05) is 13.8 Å². The Morgan fingerprint density at radius 2 is 1.82 bits per heavy atom. The average molecular weight is 728 g/mol. The monoisotopic (exact) mass is 727 g/mol. The molecule has 51 heavy (non-hydrogen) atoms. The lowest BCUT2D eigenvalue weighted by Gasteiger charge is -2.40. The van der Waals surface area contributed by atoms with E-state index in [2.05, 4.69) is 33.8 Å². The van der Waals surface area contributed by atoms with Crippen LogP contribution in [0.5, 0.6) is 0 Å². The molecule has 5 atom stereocenters. The number of nitrogens with zero attached hydrogens (tertiary/aromatic N) is 1. The van der Waals surface area contributed by atoms with Gasteiger partial charge in [-0.25, -0.2) is 13.2 Å². The molecule has 2 heterocycles. The zero-order valence-electron chi connectivity index (χ0n) is 30.4. The number of ketones is 1. The summed E-state index contributed by atoms with van der Waals surface area (Å²) < 4.78 is 31.8. The molecule has 1 aromatic rings. The maximum Gasteiger partial charge on any atom is 0.315 e. The topological polar surface area (TPSA) is 184 Å². The SMILES string of the molecule is C#CCCC(NC(=O)[C@@H]1[C@@H]2[C@H](CN1C(=O)[C@@H](NC(=O)NC1(CS(=O)(=O)Cc3ccco3)CCCCC1)C(C)(C)C)C2(C)C)C(=O)C(=O)NCC=C. The summed E-state index contributed by atoms with van der Waals surface area (Å²) in [5.41, 5.74) is -2.09. The summed E-state index contributed by atoms with van der Waals surface area (Å²) in [4.78, 5) is 69.3. The number of likely N-dealkylation sites (tertiary alicyclic amines) is 1. The molecule has 0 bridgehead atoms. The number of urea groups is 1. The molecule has 4 rings (SSSR count). The highest BCUT2D eigenvalue weighted by Crippen LogP contribution is 2.65. The smallest absolute Gasteiger partial charge is 0.315 e. The maximum atomic E-state index is 14.4. The van der Waals surface area contributed by atoms with Gasteiger partial charge in [0.2, 0.25) is 17.6 Å². The van der Waals surface area contributed by atoms with Crippen molar-refractivity contribution in [2.45, 2.75) is 109 Å². The quantitative estimate of drug-likeness (QED) is 0.121. The molecule has 13 nitrogen and oxygen atoms in total. The number of hydrogen-bond acceptors (Lipinski definition) is 8. The summed E-state index contributed by atoms with van der Waals surface area (Å²) in [6.07, 6.45) is 11.8. The van der Waals surface area contributed by atoms with Crippen molar-refractivity contribution in [2.75, 3.05) is 18.8 Å². The molecule has 0 spiro atoms. The molecular weight excluding hydrogens is 675 g/mol. The molecular formula is C37H53N5O8S. The lowest BCUT2D eigenvalue weighted by Crippen LogP contribution is -2.64. The van der Waals surface area contributed by atoms with Gasteiger partial charge >= 0.3 is 6.03 Å². The number of rotatable bonds is 15. The van der Waals surface area contributed by atoms with Gasteiger partial charge in [-0.1, -0.05) is 60.0 Å². The Kier molecular flexibility index (Phi) is 12.2. The number of piperidine rings is 1. The minimum Gasteiger partial charge on any atom is -0.468 e. The summed E-state index contributed by atoms with van der Waals surface area (Å²) in [5, 5.41) is 11.0. The average Bonchev–Trinajstić information content (AvgIpc) is 3.45. The van der Waals surface area contributed by atoms with E-state index in [-0.39, 0.29) is 54.7 Å². The van der Waals surface area contributed by atoms with Crippen molar-refractivity contribution >= 4 is 39.4 Å². The van der Waals surface area contributed by atoms with Gasteiger partial charge in [0.15, 0.2) is 9.84 Å². The molecule has 5 amide bonds. The molecule has 280 valence electrons. The van der Waals surface area contributed by atoms with Crippen molar-refractivity contribution in [2.24, 2.45) is 22.7 Å². The van der Waals surface area contributed by atoms with Gasteiger partial charge in [-0.15, -0.1) is 18.9 Å². The van der Waals surface area contributed by atoms with Gasteiger partial charge in [0.25, 0.3) is 5.91 Å². The fourth-order valence-electron chi connectivity index (χ4n) is 7.82. The van der Waals surface area contributed by atoms with Crippen LogP contribution >= 0.6 is 0 Å². The van der Waals surface area contributed by atoms with Gasteiger partial charge in [0.1, 0.15) is 23.6 Å². The number of terminal acetylenes is 1. The predicted octanol–water partition coefficient (Wildman–Crippen LogP) is 2.86. The van der Waals surface area contributed by atoms with Crippen molar-refractivity contribution in [1.29, 1.82) is 0 Å². The van der Waals surface area contributed by atoms with Gasteiger partial charge in [0.05, 0.1) is 23.6 Å². The summed E-state index contributed by atoms with van der Waals surface area (Å²) in [6.45, 7) is 13.3. The molecule has 2 aliphatic carbocycles. The van der Waals surface area contributed by atoms with Gasteiger partial charge in [-0.2, -0.15) is 0 Å². The number of carbonyl (C=O) groups excluding carboxylic acids is 5. The fraction of sp³-hybridized carbons (Fsp3) is 0.649. The summed E-state index contributed by atoms with van der Waals surface area (Å²) in [5.74, 6) is -0.796. The Morgan fingerprint density at radius 1 is 1.14 bits per heavy atom. The van der Waals surface area contributed by atoms with E-state index in [0.717, 1.165) is 19.3 Å². The molecule has 0 radical (unpaired) electrons. The van der Waals surface area contributed by atoms with E-state index in [1.165, 1.54) is 17.2 Å². The summed E-state index contributed by atoms with van der Waals surface area (Å²) in [6, 6.07) is -0.697. The number of sulfone groups is 1. The molecule has 3 aliphatic rings. The van der Waals surface area contributed by atoms with E-state index in [9.17, 15) is 32.4 Å². The van der Waals surface area contributed by atoms with Crippen molar-refractivity contribution in [3.63, 3.8) is 0 Å². The van der Waals surface area contributed by atoms with Crippen LogP contribution in [0.25, 0.3) is 0 Å². The Bertz CT molecular complexity index is 1630. The van der Waals surface area contributed by atoms with Gasteiger partial charge in [-0.05, 0) is 54.1 Å². The van der Waals surface area contributed by atoms with Gasteiger partial charge in [0, 0.05) is 19.5 Å². The van der Waals surface area contributed by atoms with Crippen LogP contribution in [0, 0.1) is 35.0 Å². The van der Waals surface area contributed by atoms with Crippen LogP contribution < -0.4 is 21.3 Å². The lowest BCUT2D eigenvalue weighted by molar-refractivity contribution is -0.145. The highest BCUT2D eigenvalue weighted by molar-refractivity contribution is 7.90. The maximum absolute atomic E-state index is 14.4. The highest BCUT2D eigenvalue weighted by Gasteiger charge is 2.70. The van der Waals surface area contributed by atoms with E-state index in [0.29, 0.717) is 18.6 Å². The van der Waals surface area contributed by atoms with E-state index in [1.54, 1.807) is 32.9 Å². The highest BCUT2D eigenvalue weighted by atomic mass is 32.2. The fourth-order valence-corrected chi connectivity index (χ4v) is 9.72. The minimum absolute atomic E-state index is 0.00673. The number of furan rings is 1. The molecule has 0 aromatic carbocycles.